The van der Waals surface area contributed by atoms with Crippen molar-refractivity contribution >= 4 is 21.8 Å². The molecule has 0 radical (unpaired) electrons. The van der Waals surface area contributed by atoms with Crippen LogP contribution in [0.1, 0.15) is 30.7 Å². The molecule has 1 atom stereocenters. The summed E-state index contributed by atoms with van der Waals surface area (Å²) in [7, 11) is 0. The molecule has 2 rings (SSSR count). The number of nitrogens with one attached hydrogen (secondary N) is 1. The molecule has 4 heteroatoms. The fourth-order valence-electron chi connectivity index (χ4n) is 2.11. The Balaban J connectivity index is 1.80. The van der Waals surface area contributed by atoms with Crippen molar-refractivity contribution in [2.45, 2.75) is 25.2 Å². The van der Waals surface area contributed by atoms with Crippen molar-refractivity contribution < 1.29 is 9.53 Å². The third-order valence-corrected chi connectivity index (χ3v) is 3.69. The molecule has 1 N–H and O–H groups in total. The van der Waals surface area contributed by atoms with E-state index in [1.54, 1.807) is 0 Å². The minimum Gasteiger partial charge on any atom is -0.492 e. The van der Waals surface area contributed by atoms with E-state index < -0.39 is 0 Å². The Bertz CT molecular complexity index is 409. The number of ether oxygens (including phenoxy) is 1. The second-order valence-electron chi connectivity index (χ2n) is 4.44. The summed E-state index contributed by atoms with van der Waals surface area (Å²) in [6.07, 6.45) is 3.33. The maximum atomic E-state index is 12.0. The highest BCUT2D eigenvalue weighted by atomic mass is 79.9. The molecule has 0 fully saturated rings. The molecule has 0 saturated heterocycles. The predicted molar refractivity (Wildman–Crippen MR) is 75.3 cm³/mol. The lowest BCUT2D eigenvalue weighted by molar-refractivity contribution is -0.122. The van der Waals surface area contributed by atoms with Crippen molar-refractivity contribution in [2.24, 2.45) is 0 Å². The van der Waals surface area contributed by atoms with Gasteiger partial charge in [-0.3, -0.25) is 4.79 Å². The number of carbonyl (C=O) groups excluding carboxylic acids is 1. The summed E-state index contributed by atoms with van der Waals surface area (Å²) in [5.41, 5.74) is 1.01. The second-order valence-corrected chi connectivity index (χ2v) is 5.24. The lowest BCUT2D eigenvalue weighted by atomic mass is 10.0. The van der Waals surface area contributed by atoms with Gasteiger partial charge in [0.25, 0.3) is 0 Å². The molecule has 1 amide bonds. The van der Waals surface area contributed by atoms with Gasteiger partial charge in [0.1, 0.15) is 18.3 Å². The van der Waals surface area contributed by atoms with Crippen LogP contribution in [-0.4, -0.2) is 24.4 Å². The summed E-state index contributed by atoms with van der Waals surface area (Å²) < 4.78 is 5.51. The maximum Gasteiger partial charge on any atom is 0.231 e. The normalized spacial score (nSPS) is 17.1. The van der Waals surface area contributed by atoms with Gasteiger partial charge in [0.2, 0.25) is 5.91 Å². The summed E-state index contributed by atoms with van der Waals surface area (Å²) in [5, 5.41) is 4.02. The molecule has 98 valence electrons. The van der Waals surface area contributed by atoms with E-state index in [2.05, 4.69) is 21.2 Å². The summed E-state index contributed by atoms with van der Waals surface area (Å²) in [6.45, 7) is 1.22. The van der Waals surface area contributed by atoms with Crippen LogP contribution in [0.2, 0.25) is 0 Å². The number of rotatable bonds is 6. The van der Waals surface area contributed by atoms with Crippen molar-refractivity contribution in [1.29, 1.82) is 0 Å². The molecular formula is C14H18BrNO2. The fourth-order valence-corrected chi connectivity index (χ4v) is 2.51. The first-order valence-electron chi connectivity index (χ1n) is 6.38. The number of para-hydroxylation sites is 1. The van der Waals surface area contributed by atoms with Gasteiger partial charge in [0.05, 0.1) is 0 Å². The average Bonchev–Trinajstić information content (AvgIpc) is 2.82. The van der Waals surface area contributed by atoms with Gasteiger partial charge in [-0.1, -0.05) is 40.5 Å². The Kier molecular flexibility index (Phi) is 5.05. The molecule has 1 heterocycles. The number of hydrogen-bond donors (Lipinski definition) is 1. The van der Waals surface area contributed by atoms with Crippen LogP contribution in [0.3, 0.4) is 0 Å². The van der Waals surface area contributed by atoms with Gasteiger partial charge in [-0.15, -0.1) is 0 Å². The van der Waals surface area contributed by atoms with Crippen LogP contribution < -0.4 is 10.1 Å². The van der Waals surface area contributed by atoms with E-state index in [0.717, 1.165) is 42.5 Å². The Labute approximate surface area is 116 Å². The Hall–Kier alpha value is -1.03. The van der Waals surface area contributed by atoms with Crippen LogP contribution >= 0.6 is 15.9 Å². The monoisotopic (exact) mass is 311 g/mol. The number of hydrogen-bond acceptors (Lipinski definition) is 2. The van der Waals surface area contributed by atoms with Gasteiger partial charge in [-0.2, -0.15) is 0 Å². The van der Waals surface area contributed by atoms with Crippen molar-refractivity contribution in [3.63, 3.8) is 0 Å². The highest BCUT2D eigenvalue weighted by Gasteiger charge is 2.29. The predicted octanol–water partition coefficient (Wildman–Crippen LogP) is 2.84. The number of unbranched alkanes of at least 4 members (excludes halogenated alkanes) is 2. The summed E-state index contributed by atoms with van der Waals surface area (Å²) in [6, 6.07) is 7.76. The smallest absolute Gasteiger partial charge is 0.231 e. The summed E-state index contributed by atoms with van der Waals surface area (Å²) in [5.74, 6) is 0.785. The van der Waals surface area contributed by atoms with Gasteiger partial charge in [-0.05, 0) is 18.9 Å². The van der Waals surface area contributed by atoms with E-state index in [1.807, 2.05) is 24.3 Å². The van der Waals surface area contributed by atoms with Gasteiger partial charge in [0, 0.05) is 17.4 Å². The lowest BCUT2D eigenvalue weighted by Gasteiger charge is -2.09. The zero-order valence-corrected chi connectivity index (χ0v) is 11.9. The van der Waals surface area contributed by atoms with Gasteiger partial charge in [0.15, 0.2) is 0 Å². The standard InChI is InChI=1S/C14H18BrNO2/c15-8-4-1-5-9-16-14(17)12-10-18-13-7-3-2-6-11(12)13/h2-3,6-7,12H,1,4-5,8-10H2,(H,16,17). The third-order valence-electron chi connectivity index (χ3n) is 3.13. The minimum atomic E-state index is -0.141. The number of benzene rings is 1. The molecule has 0 spiro atoms. The zero-order valence-electron chi connectivity index (χ0n) is 10.3. The van der Waals surface area contributed by atoms with Crippen molar-refractivity contribution in [2.75, 3.05) is 18.5 Å². The Morgan fingerprint density at radius 1 is 1.33 bits per heavy atom. The molecule has 1 aromatic rings. The van der Waals surface area contributed by atoms with Crippen LogP contribution in [-0.2, 0) is 4.79 Å². The van der Waals surface area contributed by atoms with Crippen LogP contribution in [0.4, 0.5) is 0 Å². The molecule has 18 heavy (non-hydrogen) atoms. The number of carbonyl (C=O) groups is 1. The number of fused-ring (bicyclic) bond motifs is 1. The van der Waals surface area contributed by atoms with Crippen LogP contribution in [0, 0.1) is 0 Å². The molecule has 1 aliphatic heterocycles. The molecule has 1 unspecified atom stereocenters. The topological polar surface area (TPSA) is 38.3 Å². The van der Waals surface area contributed by atoms with E-state index in [0.29, 0.717) is 6.61 Å². The van der Waals surface area contributed by atoms with Gasteiger partial charge < -0.3 is 10.1 Å². The van der Waals surface area contributed by atoms with E-state index >= 15 is 0 Å². The molecule has 1 aromatic carbocycles. The number of alkyl halides is 1. The quantitative estimate of drug-likeness (QED) is 0.648. The van der Waals surface area contributed by atoms with Crippen LogP contribution in [0.5, 0.6) is 5.75 Å². The van der Waals surface area contributed by atoms with E-state index in [9.17, 15) is 4.79 Å². The minimum absolute atomic E-state index is 0.0822. The molecule has 0 aliphatic carbocycles. The fraction of sp³-hybridized carbons (Fsp3) is 0.500. The lowest BCUT2D eigenvalue weighted by Crippen LogP contribution is -2.30. The second kappa shape index (κ2) is 6.78. The van der Waals surface area contributed by atoms with Crippen molar-refractivity contribution in [3.8, 4) is 5.75 Å². The molecule has 0 saturated carbocycles. The summed E-state index contributed by atoms with van der Waals surface area (Å²) in [4.78, 5) is 12.0. The number of amides is 1. The first-order chi connectivity index (χ1) is 8.83. The SMILES string of the molecule is O=C(NCCCCCBr)C1COc2ccccc21. The van der Waals surface area contributed by atoms with Crippen LogP contribution in [0.25, 0.3) is 0 Å². The molecule has 0 bridgehead atoms. The third kappa shape index (κ3) is 3.25. The molecule has 3 nitrogen and oxygen atoms in total. The highest BCUT2D eigenvalue weighted by Crippen LogP contribution is 2.33. The Morgan fingerprint density at radius 2 is 2.17 bits per heavy atom. The molecular weight excluding hydrogens is 294 g/mol. The highest BCUT2D eigenvalue weighted by molar-refractivity contribution is 9.09. The van der Waals surface area contributed by atoms with Gasteiger partial charge in [-0.25, -0.2) is 0 Å². The zero-order chi connectivity index (χ0) is 12.8. The molecule has 1 aliphatic rings. The first kappa shape index (κ1) is 13.4. The Morgan fingerprint density at radius 3 is 3.00 bits per heavy atom. The van der Waals surface area contributed by atoms with Crippen molar-refractivity contribution in [3.05, 3.63) is 29.8 Å². The van der Waals surface area contributed by atoms with Crippen LogP contribution in [0.15, 0.2) is 24.3 Å². The maximum absolute atomic E-state index is 12.0. The summed E-state index contributed by atoms with van der Waals surface area (Å²) >= 11 is 3.40. The largest absolute Gasteiger partial charge is 0.492 e. The first-order valence-corrected chi connectivity index (χ1v) is 7.50. The van der Waals surface area contributed by atoms with Crippen molar-refractivity contribution in [1.82, 2.24) is 5.32 Å². The number of halogens is 1. The molecule has 0 aromatic heterocycles. The van der Waals surface area contributed by atoms with E-state index in [1.165, 1.54) is 0 Å². The van der Waals surface area contributed by atoms with E-state index in [-0.39, 0.29) is 11.8 Å². The van der Waals surface area contributed by atoms with Gasteiger partial charge >= 0.3 is 0 Å². The average molecular weight is 312 g/mol. The van der Waals surface area contributed by atoms with E-state index in [4.69, 9.17) is 4.74 Å².